The van der Waals surface area contributed by atoms with Crippen LogP contribution >= 0.6 is 0 Å². The van der Waals surface area contributed by atoms with Gasteiger partial charge in [-0.25, -0.2) is 0 Å². The normalized spacial score (nSPS) is 14.2. The van der Waals surface area contributed by atoms with Gasteiger partial charge in [0.15, 0.2) is 0 Å². The molecule has 2 N–H and O–H groups in total. The highest BCUT2D eigenvalue weighted by Gasteiger charge is 2.09. The highest BCUT2D eigenvalue weighted by atomic mass is 16.2. The lowest BCUT2D eigenvalue weighted by Gasteiger charge is -2.06. The standard InChI is InChI=1S/C13H12N2O2/c14-12(16)11-8-5-9-15(13(11)17)10-6-3-1-2-4-7-10/h1,3-9H,2H2,(H2,14,16). The van der Waals surface area contributed by atoms with E-state index in [4.69, 9.17) is 5.73 Å². The monoisotopic (exact) mass is 228 g/mol. The number of primary amides is 1. The Morgan fingerprint density at radius 2 is 2.18 bits per heavy atom. The first kappa shape index (κ1) is 11.1. The van der Waals surface area contributed by atoms with Gasteiger partial charge in [0.05, 0.1) is 0 Å². The van der Waals surface area contributed by atoms with Crippen LogP contribution in [0.3, 0.4) is 0 Å². The number of aromatic nitrogens is 1. The van der Waals surface area contributed by atoms with Gasteiger partial charge in [0.25, 0.3) is 11.5 Å². The molecular formula is C13H12N2O2. The summed E-state index contributed by atoms with van der Waals surface area (Å²) in [5.74, 6) is -0.710. The third-order valence-corrected chi connectivity index (χ3v) is 2.45. The summed E-state index contributed by atoms with van der Waals surface area (Å²) in [6.45, 7) is 0. The van der Waals surface area contributed by atoms with Crippen molar-refractivity contribution in [2.75, 3.05) is 0 Å². The second-order valence-electron chi connectivity index (χ2n) is 3.62. The number of carbonyl (C=O) groups is 1. The van der Waals surface area contributed by atoms with Crippen molar-refractivity contribution in [3.8, 4) is 0 Å². The summed E-state index contributed by atoms with van der Waals surface area (Å²) >= 11 is 0. The van der Waals surface area contributed by atoms with E-state index in [1.54, 1.807) is 12.3 Å². The predicted molar refractivity (Wildman–Crippen MR) is 66.4 cm³/mol. The molecule has 0 radical (unpaired) electrons. The molecule has 0 atom stereocenters. The number of allylic oxidation sites excluding steroid dienone is 6. The van der Waals surface area contributed by atoms with Crippen LogP contribution in [0.2, 0.25) is 0 Å². The van der Waals surface area contributed by atoms with Crippen LogP contribution in [-0.2, 0) is 0 Å². The molecule has 0 saturated heterocycles. The molecule has 0 bridgehead atoms. The van der Waals surface area contributed by atoms with Gasteiger partial charge in [0.2, 0.25) is 0 Å². The molecule has 1 aliphatic carbocycles. The Bertz CT molecular complexity index is 592. The molecule has 0 aromatic carbocycles. The number of pyridine rings is 1. The fourth-order valence-electron chi connectivity index (χ4n) is 1.61. The maximum absolute atomic E-state index is 12.0. The summed E-state index contributed by atoms with van der Waals surface area (Å²) in [5, 5.41) is 0. The van der Waals surface area contributed by atoms with Crippen molar-refractivity contribution >= 4 is 11.6 Å². The van der Waals surface area contributed by atoms with Crippen LogP contribution < -0.4 is 11.3 Å². The van der Waals surface area contributed by atoms with Crippen LogP contribution in [0.4, 0.5) is 0 Å². The SMILES string of the molecule is NC(=O)c1cccn(C2=CC=CCC=C2)c1=O. The molecule has 1 heterocycles. The van der Waals surface area contributed by atoms with E-state index in [0.717, 1.165) is 6.42 Å². The molecule has 4 nitrogen and oxygen atoms in total. The van der Waals surface area contributed by atoms with Gasteiger partial charge in [-0.15, -0.1) is 0 Å². The van der Waals surface area contributed by atoms with Gasteiger partial charge < -0.3 is 5.73 Å². The summed E-state index contributed by atoms with van der Waals surface area (Å²) < 4.78 is 1.41. The van der Waals surface area contributed by atoms with E-state index in [2.05, 4.69) is 0 Å². The van der Waals surface area contributed by atoms with E-state index < -0.39 is 11.5 Å². The van der Waals surface area contributed by atoms with Crippen molar-refractivity contribution < 1.29 is 4.79 Å². The van der Waals surface area contributed by atoms with Crippen LogP contribution in [0, 0.1) is 0 Å². The fourth-order valence-corrected chi connectivity index (χ4v) is 1.61. The molecule has 86 valence electrons. The van der Waals surface area contributed by atoms with Crippen LogP contribution in [-0.4, -0.2) is 10.5 Å². The van der Waals surface area contributed by atoms with E-state index in [-0.39, 0.29) is 5.56 Å². The molecule has 1 aromatic rings. The molecule has 2 rings (SSSR count). The van der Waals surface area contributed by atoms with Crippen LogP contribution in [0.25, 0.3) is 5.70 Å². The van der Waals surface area contributed by atoms with E-state index >= 15 is 0 Å². The predicted octanol–water partition coefficient (Wildman–Crippen LogP) is 1.30. The van der Waals surface area contributed by atoms with Gasteiger partial charge in [-0.05, 0) is 30.7 Å². The van der Waals surface area contributed by atoms with Crippen molar-refractivity contribution in [2.24, 2.45) is 5.73 Å². The van der Waals surface area contributed by atoms with Crippen molar-refractivity contribution in [3.05, 3.63) is 64.6 Å². The van der Waals surface area contributed by atoms with Gasteiger partial charge in [0.1, 0.15) is 5.56 Å². The maximum atomic E-state index is 12.0. The van der Waals surface area contributed by atoms with Crippen molar-refractivity contribution in [3.63, 3.8) is 0 Å². The lowest BCUT2D eigenvalue weighted by Crippen LogP contribution is -2.28. The van der Waals surface area contributed by atoms with Gasteiger partial charge in [-0.2, -0.15) is 0 Å². The van der Waals surface area contributed by atoms with Gasteiger partial charge >= 0.3 is 0 Å². The number of nitrogens with two attached hydrogens (primary N) is 1. The smallest absolute Gasteiger partial charge is 0.267 e. The second kappa shape index (κ2) is 4.65. The van der Waals surface area contributed by atoms with Crippen LogP contribution in [0.1, 0.15) is 16.8 Å². The van der Waals surface area contributed by atoms with Crippen molar-refractivity contribution in [1.29, 1.82) is 0 Å². The first-order valence-electron chi connectivity index (χ1n) is 5.25. The van der Waals surface area contributed by atoms with Crippen LogP contribution in [0.5, 0.6) is 0 Å². The lowest BCUT2D eigenvalue weighted by atomic mass is 10.2. The topological polar surface area (TPSA) is 65.1 Å². The Morgan fingerprint density at radius 3 is 2.94 bits per heavy atom. The molecule has 0 spiro atoms. The highest BCUT2D eigenvalue weighted by molar-refractivity contribution is 5.92. The number of hydrogen-bond donors (Lipinski definition) is 1. The van der Waals surface area contributed by atoms with Crippen LogP contribution in [0.15, 0.2) is 53.5 Å². The number of rotatable bonds is 2. The Balaban J connectivity index is 2.57. The zero-order chi connectivity index (χ0) is 12.3. The first-order chi connectivity index (χ1) is 8.20. The Morgan fingerprint density at radius 1 is 1.35 bits per heavy atom. The molecule has 4 heteroatoms. The molecule has 1 aliphatic rings. The second-order valence-corrected chi connectivity index (χ2v) is 3.62. The number of amides is 1. The average molecular weight is 228 g/mol. The van der Waals surface area contributed by atoms with Crippen molar-refractivity contribution in [1.82, 2.24) is 4.57 Å². The lowest BCUT2D eigenvalue weighted by molar-refractivity contribution is 0.0998. The Kier molecular flexibility index (Phi) is 3.05. The van der Waals surface area contributed by atoms with Crippen molar-refractivity contribution in [2.45, 2.75) is 6.42 Å². The molecule has 0 fully saturated rings. The molecule has 1 aromatic heterocycles. The summed E-state index contributed by atoms with van der Waals surface area (Å²) in [6.07, 6.45) is 11.9. The highest BCUT2D eigenvalue weighted by Crippen LogP contribution is 2.08. The van der Waals surface area contributed by atoms with E-state index in [1.807, 2.05) is 30.4 Å². The number of carbonyl (C=O) groups excluding carboxylic acids is 1. The Labute approximate surface area is 98.4 Å². The molecule has 17 heavy (non-hydrogen) atoms. The minimum atomic E-state index is -0.710. The summed E-state index contributed by atoms with van der Waals surface area (Å²) in [4.78, 5) is 23.1. The zero-order valence-electron chi connectivity index (χ0n) is 9.17. The summed E-state index contributed by atoms with van der Waals surface area (Å²) in [7, 11) is 0. The molecule has 0 saturated carbocycles. The quantitative estimate of drug-likeness (QED) is 0.829. The number of hydrogen-bond acceptors (Lipinski definition) is 2. The fraction of sp³-hybridized carbons (Fsp3) is 0.0769. The molecule has 1 amide bonds. The van der Waals surface area contributed by atoms with E-state index in [1.165, 1.54) is 10.6 Å². The molecular weight excluding hydrogens is 216 g/mol. The maximum Gasteiger partial charge on any atom is 0.267 e. The molecule has 0 unspecified atom stereocenters. The first-order valence-corrected chi connectivity index (χ1v) is 5.25. The third kappa shape index (κ3) is 2.25. The van der Waals surface area contributed by atoms with E-state index in [0.29, 0.717) is 5.70 Å². The average Bonchev–Trinajstić information content (AvgIpc) is 2.57. The minimum absolute atomic E-state index is 0.00461. The largest absolute Gasteiger partial charge is 0.365 e. The van der Waals surface area contributed by atoms with Gasteiger partial charge in [-0.3, -0.25) is 14.2 Å². The van der Waals surface area contributed by atoms with Gasteiger partial charge in [0, 0.05) is 11.9 Å². The minimum Gasteiger partial charge on any atom is -0.365 e. The molecule has 0 aliphatic heterocycles. The third-order valence-electron chi connectivity index (χ3n) is 2.45. The van der Waals surface area contributed by atoms with Gasteiger partial charge in [-0.1, -0.05) is 18.2 Å². The zero-order valence-corrected chi connectivity index (χ0v) is 9.17. The number of nitrogens with zero attached hydrogens (tertiary/aromatic N) is 1. The summed E-state index contributed by atoms with van der Waals surface area (Å²) in [5.41, 5.74) is 5.45. The Hall–Kier alpha value is -2.36. The summed E-state index contributed by atoms with van der Waals surface area (Å²) in [6, 6.07) is 3.06. The van der Waals surface area contributed by atoms with E-state index in [9.17, 15) is 9.59 Å².